The molecule has 0 aliphatic carbocycles. The third kappa shape index (κ3) is 6.49. The first kappa shape index (κ1) is 37.5. The van der Waals surface area contributed by atoms with E-state index in [0.29, 0.717) is 67.9 Å². The number of benzene rings is 3. The quantitative estimate of drug-likeness (QED) is 0.193. The number of nitrogens with zero attached hydrogens (tertiary/aromatic N) is 5. The summed E-state index contributed by atoms with van der Waals surface area (Å²) in [6.07, 6.45) is 0.969. The lowest BCUT2D eigenvalue weighted by Gasteiger charge is -2.46. The first-order valence-electron chi connectivity index (χ1n) is 20.8. The molecular weight excluding hydrogens is 747 g/mol. The van der Waals surface area contributed by atoms with Crippen molar-refractivity contribution in [3.63, 3.8) is 0 Å². The van der Waals surface area contributed by atoms with Crippen LogP contribution in [-0.4, -0.2) is 100 Å². The topological polar surface area (TPSA) is 78.2 Å². The monoisotopic (exact) mass is 795 g/mol. The van der Waals surface area contributed by atoms with Crippen molar-refractivity contribution in [3.05, 3.63) is 112 Å². The standard InChI is InChI=1S/C45H49F4N7O2/c1-25-7-8-39(44(57)50-25)56-21-30-14-28-19-54(20-29(28)15-34(30)45(56)58)32-22-52(23-32)18-27-9-11-53(12-10-27)31-16-36(46)41(37(47)17-31)43-42-35(13-26(2)55(43)24-40(48)49)33-5-3-4-6-38(33)51-42/h3-6,14-17,26-27,32,39-40,43,51H,1,7-13,18-24H2,2H3,(H,50,57)/t26-,39?,43-/m1/s1. The van der Waals surface area contributed by atoms with Crippen LogP contribution in [0.1, 0.15) is 82.5 Å². The highest BCUT2D eigenvalue weighted by atomic mass is 19.3. The maximum Gasteiger partial charge on any atom is 0.255 e. The van der Waals surface area contributed by atoms with E-state index in [1.165, 1.54) is 28.2 Å². The van der Waals surface area contributed by atoms with Crippen molar-refractivity contribution in [2.45, 2.75) is 89.3 Å². The number of aromatic nitrogens is 1. The van der Waals surface area contributed by atoms with E-state index in [2.05, 4.69) is 38.8 Å². The van der Waals surface area contributed by atoms with Gasteiger partial charge in [-0.3, -0.25) is 24.3 Å². The number of rotatable bonds is 8. The lowest BCUT2D eigenvalue weighted by atomic mass is 9.88. The van der Waals surface area contributed by atoms with Crippen LogP contribution in [0.2, 0.25) is 0 Å². The van der Waals surface area contributed by atoms with Crippen LogP contribution in [-0.2, 0) is 30.8 Å². The number of halogens is 4. The normalized spacial score (nSPS) is 24.8. The van der Waals surface area contributed by atoms with Gasteiger partial charge in [0.05, 0.1) is 12.6 Å². The molecule has 58 heavy (non-hydrogen) atoms. The number of anilines is 1. The highest BCUT2D eigenvalue weighted by Crippen LogP contribution is 2.44. The molecule has 7 heterocycles. The molecule has 0 bridgehead atoms. The number of carbonyl (C=O) groups is 2. The predicted octanol–water partition coefficient (Wildman–Crippen LogP) is 6.71. The summed E-state index contributed by atoms with van der Waals surface area (Å²) in [7, 11) is 0. The number of hydrogen-bond donors (Lipinski definition) is 2. The molecule has 2 N–H and O–H groups in total. The van der Waals surface area contributed by atoms with Crippen LogP contribution in [0.3, 0.4) is 0 Å². The van der Waals surface area contributed by atoms with E-state index in [4.69, 9.17) is 0 Å². The largest absolute Gasteiger partial charge is 0.371 e. The van der Waals surface area contributed by atoms with E-state index < -0.39 is 36.7 Å². The van der Waals surface area contributed by atoms with Crippen LogP contribution in [0.4, 0.5) is 23.2 Å². The molecule has 6 aliphatic heterocycles. The number of likely N-dealkylation sites (tertiary alicyclic amines) is 1. The minimum Gasteiger partial charge on any atom is -0.371 e. The Kier molecular flexibility index (Phi) is 9.40. The summed E-state index contributed by atoms with van der Waals surface area (Å²) < 4.78 is 60.3. The predicted molar refractivity (Wildman–Crippen MR) is 213 cm³/mol. The number of amides is 2. The van der Waals surface area contributed by atoms with Gasteiger partial charge in [0.15, 0.2) is 0 Å². The highest BCUT2D eigenvalue weighted by Gasteiger charge is 2.42. The maximum atomic E-state index is 16.2. The van der Waals surface area contributed by atoms with Gasteiger partial charge in [-0.05, 0) is 91.5 Å². The zero-order chi connectivity index (χ0) is 40.0. The number of fused-ring (bicyclic) bond motifs is 5. The molecule has 0 saturated carbocycles. The van der Waals surface area contributed by atoms with Crippen molar-refractivity contribution in [1.82, 2.24) is 29.9 Å². The van der Waals surface area contributed by atoms with Gasteiger partial charge in [0, 0.05) is 104 Å². The van der Waals surface area contributed by atoms with Crippen LogP contribution in [0.5, 0.6) is 0 Å². The molecule has 0 radical (unpaired) electrons. The molecule has 4 aromatic rings. The molecule has 10 rings (SSSR count). The average molecular weight is 796 g/mol. The fraction of sp³-hybridized carbons (Fsp3) is 0.467. The smallest absolute Gasteiger partial charge is 0.255 e. The average Bonchev–Trinajstić information content (AvgIpc) is 3.85. The van der Waals surface area contributed by atoms with Gasteiger partial charge in [-0.2, -0.15) is 0 Å². The van der Waals surface area contributed by atoms with E-state index in [1.54, 1.807) is 4.90 Å². The van der Waals surface area contributed by atoms with Gasteiger partial charge >= 0.3 is 0 Å². The van der Waals surface area contributed by atoms with Crippen molar-refractivity contribution in [2.75, 3.05) is 44.2 Å². The summed E-state index contributed by atoms with van der Waals surface area (Å²) in [4.78, 5) is 39.7. The molecule has 3 aromatic carbocycles. The lowest BCUT2D eigenvalue weighted by Crippen LogP contribution is -2.59. The van der Waals surface area contributed by atoms with Crippen LogP contribution in [0.15, 0.2) is 60.8 Å². The number of aromatic amines is 1. The SMILES string of the molecule is C=C1CCC(N2Cc3cc4c(cc3C2=O)CN(C2CN(CC3CCN(c5cc(F)c([C@@H]6c7[nH]c8ccccc8c7C[C@@H](C)N6CC(F)F)c(F)c5)CC3)C2)C4)C(=O)N1. The van der Waals surface area contributed by atoms with E-state index in [9.17, 15) is 18.4 Å². The van der Waals surface area contributed by atoms with Gasteiger partial charge in [-0.15, -0.1) is 0 Å². The van der Waals surface area contributed by atoms with Gasteiger partial charge in [0.2, 0.25) is 5.91 Å². The van der Waals surface area contributed by atoms with E-state index >= 15 is 8.78 Å². The Morgan fingerprint density at radius 1 is 0.914 bits per heavy atom. The number of hydrogen-bond acceptors (Lipinski definition) is 6. The van der Waals surface area contributed by atoms with Crippen molar-refractivity contribution in [1.29, 1.82) is 0 Å². The Bertz CT molecular complexity index is 2290. The number of allylic oxidation sites excluding steroid dienone is 1. The van der Waals surface area contributed by atoms with Gasteiger partial charge in [-0.1, -0.05) is 30.8 Å². The highest BCUT2D eigenvalue weighted by molar-refractivity contribution is 6.01. The molecule has 3 fully saturated rings. The number of alkyl halides is 2. The molecule has 9 nitrogen and oxygen atoms in total. The van der Waals surface area contributed by atoms with E-state index in [1.807, 2.05) is 36.1 Å². The molecule has 3 saturated heterocycles. The van der Waals surface area contributed by atoms with E-state index in [0.717, 1.165) is 73.2 Å². The van der Waals surface area contributed by atoms with Gasteiger partial charge < -0.3 is 20.1 Å². The first-order valence-corrected chi connectivity index (χ1v) is 20.8. The summed E-state index contributed by atoms with van der Waals surface area (Å²) >= 11 is 0. The van der Waals surface area contributed by atoms with Gasteiger partial charge in [-0.25, -0.2) is 17.6 Å². The van der Waals surface area contributed by atoms with Crippen molar-refractivity contribution in [2.24, 2.45) is 5.92 Å². The Morgan fingerprint density at radius 2 is 1.64 bits per heavy atom. The van der Waals surface area contributed by atoms with Crippen LogP contribution < -0.4 is 10.2 Å². The summed E-state index contributed by atoms with van der Waals surface area (Å²) in [5.74, 6) is -1.15. The molecule has 2 amide bonds. The molecule has 0 spiro atoms. The number of para-hydroxylation sites is 1. The molecular formula is C45H49F4N7O2. The summed E-state index contributed by atoms with van der Waals surface area (Å²) in [6.45, 7) is 11.6. The van der Waals surface area contributed by atoms with Gasteiger partial charge in [0.1, 0.15) is 17.7 Å². The number of nitrogens with one attached hydrogen (secondary N) is 2. The summed E-state index contributed by atoms with van der Waals surface area (Å²) in [6, 6.07) is 13.3. The number of piperidine rings is 2. The number of H-pyrrole nitrogens is 1. The minimum atomic E-state index is -2.65. The number of carbonyl (C=O) groups excluding carboxylic acids is 2. The summed E-state index contributed by atoms with van der Waals surface area (Å²) in [5, 5.41) is 3.77. The van der Waals surface area contributed by atoms with Crippen molar-refractivity contribution in [3.8, 4) is 0 Å². The van der Waals surface area contributed by atoms with E-state index in [-0.39, 0.29) is 23.4 Å². The van der Waals surface area contributed by atoms with Crippen molar-refractivity contribution < 1.29 is 27.2 Å². The zero-order valence-electron chi connectivity index (χ0n) is 32.8. The fourth-order valence-electron chi connectivity index (χ4n) is 10.8. The maximum absolute atomic E-state index is 16.2. The molecule has 1 aromatic heterocycles. The first-order chi connectivity index (χ1) is 28.0. The van der Waals surface area contributed by atoms with Crippen LogP contribution >= 0.6 is 0 Å². The molecule has 6 aliphatic rings. The summed E-state index contributed by atoms with van der Waals surface area (Å²) in [5.41, 5.74) is 7.54. The second kappa shape index (κ2) is 14.5. The minimum absolute atomic E-state index is 0.0606. The molecule has 3 atom stereocenters. The zero-order valence-corrected chi connectivity index (χ0v) is 32.8. The van der Waals surface area contributed by atoms with Crippen LogP contribution in [0, 0.1) is 17.6 Å². The molecule has 1 unspecified atom stereocenters. The fourth-order valence-corrected chi connectivity index (χ4v) is 10.8. The van der Waals surface area contributed by atoms with Crippen molar-refractivity contribution >= 4 is 28.4 Å². The second-order valence-corrected chi connectivity index (χ2v) is 17.5. The third-order valence-corrected chi connectivity index (χ3v) is 13.9. The van der Waals surface area contributed by atoms with Crippen LogP contribution in [0.25, 0.3) is 10.9 Å². The molecule has 304 valence electrons. The Balaban J connectivity index is 0.746. The Morgan fingerprint density at radius 3 is 2.36 bits per heavy atom. The Labute approximate surface area is 335 Å². The Hall–Kier alpha value is -4.72. The lowest BCUT2D eigenvalue weighted by molar-refractivity contribution is -0.126. The molecule has 13 heteroatoms. The second-order valence-electron chi connectivity index (χ2n) is 17.5. The van der Waals surface area contributed by atoms with Gasteiger partial charge in [0.25, 0.3) is 12.3 Å². The third-order valence-electron chi connectivity index (χ3n) is 13.9.